The van der Waals surface area contributed by atoms with E-state index in [9.17, 15) is 0 Å². The third-order valence-electron chi connectivity index (χ3n) is 6.38. The van der Waals surface area contributed by atoms with Gasteiger partial charge in [-0.25, -0.2) is 0 Å². The van der Waals surface area contributed by atoms with E-state index < -0.39 is 7.92 Å². The average molecular weight is 489 g/mol. The molecule has 0 saturated heterocycles. The van der Waals surface area contributed by atoms with Crippen molar-refractivity contribution >= 4 is 26.5 Å². The van der Waals surface area contributed by atoms with Crippen molar-refractivity contribution in [3.8, 4) is 11.1 Å². The second kappa shape index (κ2) is 10.2. The molecule has 4 rings (SSSR count). The Hall–Kier alpha value is -2.14. The van der Waals surface area contributed by atoms with E-state index in [1.165, 1.54) is 32.9 Å². The van der Waals surface area contributed by atoms with Crippen LogP contribution in [0.25, 0.3) is 11.1 Å². The molecule has 0 radical (unpaired) electrons. The molecule has 34 heavy (non-hydrogen) atoms. The van der Waals surface area contributed by atoms with Crippen LogP contribution in [0, 0.1) is 0 Å². The summed E-state index contributed by atoms with van der Waals surface area (Å²) >= 11 is 0. The van der Waals surface area contributed by atoms with Crippen LogP contribution in [0.4, 0.5) is 0 Å². The molecule has 2 aromatic carbocycles. The summed E-state index contributed by atoms with van der Waals surface area (Å²) in [4.78, 5) is 6.58. The Morgan fingerprint density at radius 2 is 1.21 bits per heavy atom. The van der Waals surface area contributed by atoms with Crippen LogP contribution in [-0.4, -0.2) is 20.3 Å². The molecule has 4 heteroatoms. The van der Waals surface area contributed by atoms with E-state index in [4.69, 9.17) is 0 Å². The summed E-state index contributed by atoms with van der Waals surface area (Å²) in [6, 6.07) is 22.5. The molecule has 4 aromatic rings. The lowest BCUT2D eigenvalue weighted by molar-refractivity contribution is 0.702. The first kappa shape index (κ1) is 25.0. The van der Waals surface area contributed by atoms with Crippen LogP contribution in [0.2, 0.25) is 0 Å². The molecule has 0 saturated carbocycles. The predicted octanol–water partition coefficient (Wildman–Crippen LogP) is 8.22. The fourth-order valence-corrected chi connectivity index (χ4v) is 10.7. The summed E-state index contributed by atoms with van der Waals surface area (Å²) in [5.41, 5.74) is 5.62. The number of nitrogens with one attached hydrogen (secondary N) is 2. The molecule has 2 heterocycles. The van der Waals surface area contributed by atoms with Gasteiger partial charge in [0.2, 0.25) is 0 Å². The lowest BCUT2D eigenvalue weighted by atomic mass is 10.0. The van der Waals surface area contributed by atoms with Gasteiger partial charge in [-0.3, -0.25) is 0 Å². The van der Waals surface area contributed by atoms with Crippen LogP contribution in [-0.2, 0) is 12.3 Å². The zero-order valence-electron chi connectivity index (χ0n) is 21.4. The Kier molecular flexibility index (Phi) is 7.51. The zero-order chi connectivity index (χ0) is 24.3. The van der Waals surface area contributed by atoms with E-state index in [1.807, 2.05) is 0 Å². The van der Waals surface area contributed by atoms with E-state index in [0.29, 0.717) is 10.3 Å². The molecule has 2 aromatic heterocycles. The summed E-state index contributed by atoms with van der Waals surface area (Å²) in [6.45, 7) is 14.6. The van der Waals surface area contributed by atoms with Crippen LogP contribution in [0.5, 0.6) is 0 Å². The molecule has 0 amide bonds. The minimum absolute atomic E-state index is 0.219. The highest BCUT2D eigenvalue weighted by atomic mass is 31.1. The van der Waals surface area contributed by atoms with Crippen LogP contribution < -0.4 is 10.6 Å². The highest BCUT2D eigenvalue weighted by Crippen LogP contribution is 2.61. The summed E-state index contributed by atoms with van der Waals surface area (Å²) < 4.78 is 0. The Morgan fingerprint density at radius 1 is 0.618 bits per heavy atom. The van der Waals surface area contributed by atoms with Crippen molar-refractivity contribution in [3.05, 3.63) is 96.6 Å². The number of aromatic nitrogens is 2. The molecule has 2 nitrogen and oxygen atoms in total. The molecule has 0 fully saturated rings. The van der Waals surface area contributed by atoms with E-state index in [1.54, 1.807) is 0 Å². The van der Waals surface area contributed by atoms with Gasteiger partial charge in [0, 0.05) is 30.9 Å². The number of hydrogen-bond donors (Lipinski definition) is 2. The lowest BCUT2D eigenvalue weighted by Crippen LogP contribution is -2.26. The quantitative estimate of drug-likeness (QED) is 0.246. The molecular formula is C30H38N2P2. The number of hydrogen-bond acceptors (Lipinski definition) is 0. The number of H-pyrrole nitrogens is 2. The van der Waals surface area contributed by atoms with E-state index in [2.05, 4.69) is 137 Å². The van der Waals surface area contributed by atoms with Crippen molar-refractivity contribution in [2.45, 2.75) is 64.2 Å². The molecule has 0 aliphatic rings. The first-order valence-electron chi connectivity index (χ1n) is 12.1. The third-order valence-corrected chi connectivity index (χ3v) is 12.7. The fourth-order valence-electron chi connectivity index (χ4n) is 4.86. The van der Waals surface area contributed by atoms with Gasteiger partial charge in [0.25, 0.3) is 0 Å². The maximum Gasteiger partial charge on any atom is 0.00860 e. The summed E-state index contributed by atoms with van der Waals surface area (Å²) in [5.74, 6) is 0. The first-order valence-corrected chi connectivity index (χ1v) is 15.2. The molecule has 0 unspecified atom stereocenters. The van der Waals surface area contributed by atoms with E-state index >= 15 is 0 Å². The van der Waals surface area contributed by atoms with Gasteiger partial charge in [-0.15, -0.1) is 0 Å². The minimum atomic E-state index is -0.487. The van der Waals surface area contributed by atoms with Gasteiger partial charge in [0.1, 0.15) is 0 Å². The van der Waals surface area contributed by atoms with Crippen molar-refractivity contribution in [3.63, 3.8) is 0 Å². The van der Waals surface area contributed by atoms with Crippen molar-refractivity contribution in [2.24, 2.45) is 0 Å². The SMILES string of the molecule is CC(C)(C)P(Cc1ccc(-c2ccccc2)cc1CP(c1cc[nH]c1)c1cc[nH]c1)C(C)(C)C. The number of rotatable bonds is 7. The van der Waals surface area contributed by atoms with Crippen molar-refractivity contribution in [2.75, 3.05) is 0 Å². The molecule has 0 spiro atoms. The average Bonchev–Trinajstić information content (AvgIpc) is 3.50. The standard InChI is InChI=1S/C30H38N2P2/c1-29(2,3)34(30(4,5)6)22-25-13-12-24(23-10-8-7-9-11-23)18-26(25)21-33(27-14-16-31-19-27)28-15-17-32-20-28/h7-20,31-32H,21-22H2,1-6H3. The third kappa shape index (κ3) is 5.91. The van der Waals surface area contributed by atoms with Gasteiger partial charge in [-0.05, 0) is 69.4 Å². The molecule has 0 atom stereocenters. The van der Waals surface area contributed by atoms with Crippen LogP contribution in [0.3, 0.4) is 0 Å². The Bertz CT molecular complexity index is 1120. The Labute approximate surface area is 208 Å². The van der Waals surface area contributed by atoms with Gasteiger partial charge < -0.3 is 9.97 Å². The Balaban J connectivity index is 1.79. The van der Waals surface area contributed by atoms with Gasteiger partial charge in [0.05, 0.1) is 0 Å². The highest BCUT2D eigenvalue weighted by Gasteiger charge is 2.34. The van der Waals surface area contributed by atoms with Gasteiger partial charge in [0.15, 0.2) is 0 Å². The molecule has 0 bridgehead atoms. The summed E-state index contributed by atoms with van der Waals surface area (Å²) in [7, 11) is -0.706. The summed E-state index contributed by atoms with van der Waals surface area (Å²) in [6.07, 6.45) is 10.7. The van der Waals surface area contributed by atoms with E-state index in [0.717, 1.165) is 12.3 Å². The van der Waals surface area contributed by atoms with Crippen LogP contribution in [0.1, 0.15) is 52.7 Å². The largest absolute Gasteiger partial charge is 0.367 e. The van der Waals surface area contributed by atoms with Crippen molar-refractivity contribution < 1.29 is 0 Å². The molecule has 2 N–H and O–H groups in total. The molecule has 0 aliphatic heterocycles. The minimum Gasteiger partial charge on any atom is -0.367 e. The second-order valence-corrected chi connectivity index (χ2v) is 17.1. The van der Waals surface area contributed by atoms with E-state index in [-0.39, 0.29) is 7.92 Å². The number of benzene rings is 2. The zero-order valence-corrected chi connectivity index (χ0v) is 23.2. The van der Waals surface area contributed by atoms with Gasteiger partial charge >= 0.3 is 0 Å². The maximum atomic E-state index is 3.29. The topological polar surface area (TPSA) is 31.6 Å². The van der Waals surface area contributed by atoms with Gasteiger partial charge in [-0.1, -0.05) is 98.0 Å². The smallest absolute Gasteiger partial charge is 0.00860 e. The molecule has 0 aliphatic carbocycles. The lowest BCUT2D eigenvalue weighted by Gasteiger charge is -2.42. The first-order chi connectivity index (χ1) is 16.1. The monoisotopic (exact) mass is 488 g/mol. The van der Waals surface area contributed by atoms with Crippen molar-refractivity contribution in [1.82, 2.24) is 9.97 Å². The molecule has 178 valence electrons. The second-order valence-electron chi connectivity index (χ2n) is 11.0. The maximum absolute atomic E-state index is 3.29. The predicted molar refractivity (Wildman–Crippen MR) is 153 cm³/mol. The van der Waals surface area contributed by atoms with Crippen molar-refractivity contribution in [1.29, 1.82) is 0 Å². The normalized spacial score (nSPS) is 12.6. The fraction of sp³-hybridized carbons (Fsp3) is 0.333. The summed E-state index contributed by atoms with van der Waals surface area (Å²) in [5, 5.41) is 3.41. The van der Waals surface area contributed by atoms with Gasteiger partial charge in [-0.2, -0.15) is 0 Å². The number of aromatic amines is 2. The Morgan fingerprint density at radius 3 is 1.71 bits per heavy atom. The van der Waals surface area contributed by atoms with Crippen LogP contribution >= 0.6 is 15.8 Å². The van der Waals surface area contributed by atoms with Crippen LogP contribution in [0.15, 0.2) is 85.5 Å². The highest BCUT2D eigenvalue weighted by molar-refractivity contribution is 7.72. The molecular weight excluding hydrogens is 450 g/mol.